The number of rotatable bonds is 2. The average Bonchev–Trinajstić information content (AvgIpc) is 1.94. The van der Waals surface area contributed by atoms with Crippen molar-refractivity contribution in [2.45, 2.75) is 6.54 Å². The predicted molar refractivity (Wildman–Crippen MR) is 44.5 cm³/mol. The molecule has 0 aliphatic rings. The lowest BCUT2D eigenvalue weighted by molar-refractivity contribution is -0.697. The second-order valence-corrected chi connectivity index (χ2v) is 2.78. The van der Waals surface area contributed by atoms with E-state index in [2.05, 4.69) is 27.1 Å². The molecule has 0 saturated heterocycles. The Kier molecular flexibility index (Phi) is 2.63. The van der Waals surface area contributed by atoms with Crippen LogP contribution in [0.5, 0.6) is 0 Å². The van der Waals surface area contributed by atoms with Crippen LogP contribution in [0.3, 0.4) is 0 Å². The van der Waals surface area contributed by atoms with E-state index in [1.54, 1.807) is 0 Å². The van der Waals surface area contributed by atoms with E-state index in [4.69, 9.17) is 0 Å². The van der Waals surface area contributed by atoms with Gasteiger partial charge in [0.25, 0.3) is 0 Å². The van der Waals surface area contributed by atoms with Gasteiger partial charge in [0, 0.05) is 28.1 Å². The van der Waals surface area contributed by atoms with Gasteiger partial charge in [-0.25, -0.2) is 0 Å². The Labute approximate surface area is 69.1 Å². The number of hydrogen-bond acceptors (Lipinski definition) is 0. The van der Waals surface area contributed by atoms with Crippen LogP contribution in [0, 0.1) is 0 Å². The number of nitrogens with zero attached hydrogens (tertiary/aromatic N) is 1. The summed E-state index contributed by atoms with van der Waals surface area (Å²) in [6.07, 6.45) is 3.87. The summed E-state index contributed by atoms with van der Waals surface area (Å²) in [6.45, 7) is 4.50. The summed E-state index contributed by atoms with van der Waals surface area (Å²) in [5, 5.41) is 0. The fourth-order valence-electron chi connectivity index (χ4n) is 0.743. The van der Waals surface area contributed by atoms with Crippen molar-refractivity contribution in [2.24, 2.45) is 0 Å². The van der Waals surface area contributed by atoms with Crippen LogP contribution in [-0.4, -0.2) is 0 Å². The number of pyridine rings is 1. The average molecular weight is 199 g/mol. The topological polar surface area (TPSA) is 3.88 Å². The molecular formula is C8H9BrN+. The lowest BCUT2D eigenvalue weighted by Crippen LogP contribution is -2.33. The Bertz CT molecular complexity index is 232. The van der Waals surface area contributed by atoms with E-state index >= 15 is 0 Å². The lowest BCUT2D eigenvalue weighted by Gasteiger charge is -1.91. The molecule has 2 heteroatoms. The van der Waals surface area contributed by atoms with Gasteiger partial charge in [0.1, 0.15) is 0 Å². The third kappa shape index (κ3) is 1.67. The van der Waals surface area contributed by atoms with Crippen LogP contribution in [-0.2, 0) is 6.54 Å². The molecule has 0 fully saturated rings. The smallest absolute Gasteiger partial charge is 0.189 e. The predicted octanol–water partition coefficient (Wildman–Crippen LogP) is 1.92. The van der Waals surface area contributed by atoms with Gasteiger partial charge in [0.05, 0.1) is 0 Å². The zero-order valence-corrected chi connectivity index (χ0v) is 7.21. The summed E-state index contributed by atoms with van der Waals surface area (Å²) in [5.74, 6) is 0. The minimum absolute atomic E-state index is 0.849. The van der Waals surface area contributed by atoms with Gasteiger partial charge in [-0.15, -0.1) is 0 Å². The summed E-state index contributed by atoms with van der Waals surface area (Å²) < 4.78 is 3.14. The second kappa shape index (κ2) is 3.52. The Morgan fingerprint density at radius 2 is 2.40 bits per heavy atom. The van der Waals surface area contributed by atoms with Crippen LogP contribution in [0.2, 0.25) is 0 Å². The van der Waals surface area contributed by atoms with Crippen molar-refractivity contribution in [1.82, 2.24) is 0 Å². The SMILES string of the molecule is C=CC[n+]1ccccc1Br. The second-order valence-electron chi connectivity index (χ2n) is 1.96. The first-order chi connectivity index (χ1) is 4.84. The molecule has 1 aromatic heterocycles. The van der Waals surface area contributed by atoms with Gasteiger partial charge in [-0.2, -0.15) is 4.57 Å². The van der Waals surface area contributed by atoms with E-state index in [0.29, 0.717) is 0 Å². The highest BCUT2D eigenvalue weighted by Gasteiger charge is 2.00. The van der Waals surface area contributed by atoms with Crippen molar-refractivity contribution >= 4 is 15.9 Å². The maximum absolute atomic E-state index is 3.66. The lowest BCUT2D eigenvalue weighted by atomic mass is 10.5. The Morgan fingerprint density at radius 3 is 3.00 bits per heavy atom. The molecule has 0 amide bonds. The van der Waals surface area contributed by atoms with Gasteiger partial charge in [0.15, 0.2) is 12.7 Å². The van der Waals surface area contributed by atoms with Crippen molar-refractivity contribution in [3.05, 3.63) is 41.7 Å². The van der Waals surface area contributed by atoms with Crippen LogP contribution in [0.1, 0.15) is 0 Å². The summed E-state index contributed by atoms with van der Waals surface area (Å²) in [5.41, 5.74) is 0. The first-order valence-corrected chi connectivity index (χ1v) is 3.89. The Morgan fingerprint density at radius 1 is 1.60 bits per heavy atom. The van der Waals surface area contributed by atoms with Gasteiger partial charge in [0.2, 0.25) is 4.60 Å². The maximum atomic E-state index is 3.66. The largest absolute Gasteiger partial charge is 0.248 e. The van der Waals surface area contributed by atoms with Gasteiger partial charge >= 0.3 is 0 Å². The minimum Gasteiger partial charge on any atom is -0.189 e. The van der Waals surface area contributed by atoms with E-state index in [9.17, 15) is 0 Å². The first kappa shape index (κ1) is 7.48. The number of halogens is 1. The fourth-order valence-corrected chi connectivity index (χ4v) is 1.16. The summed E-state index contributed by atoms with van der Waals surface area (Å²) >= 11 is 3.41. The van der Waals surface area contributed by atoms with Gasteiger partial charge < -0.3 is 0 Å². The van der Waals surface area contributed by atoms with Gasteiger partial charge in [-0.1, -0.05) is 6.58 Å². The molecule has 0 atom stereocenters. The van der Waals surface area contributed by atoms with E-state index in [1.807, 2.05) is 30.5 Å². The monoisotopic (exact) mass is 198 g/mol. The van der Waals surface area contributed by atoms with Crippen molar-refractivity contribution < 1.29 is 4.57 Å². The van der Waals surface area contributed by atoms with Crippen LogP contribution in [0.15, 0.2) is 41.7 Å². The molecular weight excluding hydrogens is 190 g/mol. The van der Waals surface area contributed by atoms with Gasteiger partial charge in [-0.05, 0) is 12.1 Å². The van der Waals surface area contributed by atoms with E-state index in [0.717, 1.165) is 11.1 Å². The Hall–Kier alpha value is -0.630. The molecule has 0 spiro atoms. The van der Waals surface area contributed by atoms with Crippen LogP contribution >= 0.6 is 15.9 Å². The van der Waals surface area contributed by atoms with Gasteiger partial charge in [-0.3, -0.25) is 0 Å². The molecule has 0 aliphatic carbocycles. The molecule has 0 N–H and O–H groups in total. The third-order valence-corrected chi connectivity index (χ3v) is 1.93. The van der Waals surface area contributed by atoms with Crippen molar-refractivity contribution in [1.29, 1.82) is 0 Å². The summed E-state index contributed by atoms with van der Waals surface area (Å²) in [6, 6.07) is 5.99. The number of allylic oxidation sites excluding steroid dienone is 1. The fraction of sp³-hybridized carbons (Fsp3) is 0.125. The summed E-state index contributed by atoms with van der Waals surface area (Å²) in [7, 11) is 0. The zero-order chi connectivity index (χ0) is 7.40. The van der Waals surface area contributed by atoms with Crippen molar-refractivity contribution in [2.75, 3.05) is 0 Å². The van der Waals surface area contributed by atoms with Crippen LogP contribution in [0.25, 0.3) is 0 Å². The summed E-state index contributed by atoms with van der Waals surface area (Å²) in [4.78, 5) is 0. The van der Waals surface area contributed by atoms with E-state index < -0.39 is 0 Å². The number of hydrogen-bond donors (Lipinski definition) is 0. The molecule has 10 heavy (non-hydrogen) atoms. The van der Waals surface area contributed by atoms with E-state index in [-0.39, 0.29) is 0 Å². The van der Waals surface area contributed by atoms with Crippen LogP contribution in [0.4, 0.5) is 0 Å². The highest BCUT2D eigenvalue weighted by molar-refractivity contribution is 9.10. The van der Waals surface area contributed by atoms with E-state index in [1.165, 1.54) is 0 Å². The standard InChI is InChI=1S/C8H9BrN/c1-2-6-10-7-4-3-5-8(10)9/h2-5,7H,1,6H2/q+1. The molecule has 52 valence electrons. The minimum atomic E-state index is 0.849. The zero-order valence-electron chi connectivity index (χ0n) is 5.63. The molecule has 1 aromatic rings. The highest BCUT2D eigenvalue weighted by atomic mass is 79.9. The quantitative estimate of drug-likeness (QED) is 0.389. The maximum Gasteiger partial charge on any atom is 0.248 e. The van der Waals surface area contributed by atoms with Crippen molar-refractivity contribution in [3.63, 3.8) is 0 Å². The molecule has 0 saturated carbocycles. The molecule has 0 aliphatic heterocycles. The Balaban J connectivity index is 2.91. The van der Waals surface area contributed by atoms with Crippen molar-refractivity contribution in [3.8, 4) is 0 Å². The van der Waals surface area contributed by atoms with Crippen LogP contribution < -0.4 is 4.57 Å². The highest BCUT2D eigenvalue weighted by Crippen LogP contribution is 1.99. The molecule has 0 unspecified atom stereocenters. The molecule has 0 radical (unpaired) electrons. The molecule has 1 nitrogen and oxygen atoms in total. The first-order valence-electron chi connectivity index (χ1n) is 3.09. The molecule has 1 rings (SSSR count). The normalized spacial score (nSPS) is 9.30. The molecule has 1 heterocycles. The number of aromatic nitrogens is 1. The molecule has 0 aromatic carbocycles. The third-order valence-electron chi connectivity index (χ3n) is 1.21. The molecule has 0 bridgehead atoms.